The first kappa shape index (κ1) is 14.5. The van der Waals surface area contributed by atoms with Crippen molar-refractivity contribution < 1.29 is 32.2 Å². The van der Waals surface area contributed by atoms with Crippen molar-refractivity contribution in [2.45, 2.75) is 12.3 Å². The normalized spacial score (nSPS) is 11.7. The second kappa shape index (κ2) is 5.38. The van der Waals surface area contributed by atoms with Crippen molar-refractivity contribution in [2.24, 2.45) is 0 Å². The summed E-state index contributed by atoms with van der Waals surface area (Å²) in [7, 11) is 0. The number of carboxylic acids is 1. The van der Waals surface area contributed by atoms with Crippen LogP contribution in [0.5, 0.6) is 5.88 Å². The molecule has 1 aromatic heterocycles. The van der Waals surface area contributed by atoms with E-state index in [1.165, 1.54) is 0 Å². The Balaban J connectivity index is 2.81. The maximum atomic E-state index is 12.5. The van der Waals surface area contributed by atoms with Gasteiger partial charge in [0.15, 0.2) is 6.61 Å². The predicted octanol–water partition coefficient (Wildman–Crippen LogP) is 2.71. The van der Waals surface area contributed by atoms with Crippen molar-refractivity contribution >= 4 is 17.6 Å². The highest BCUT2D eigenvalue weighted by Gasteiger charge is 2.41. The summed E-state index contributed by atoms with van der Waals surface area (Å²) >= 11 is 5.46. The minimum absolute atomic E-state index is 0.226. The molecular formula is C9H6ClF4NO3. The average molecular weight is 288 g/mol. The van der Waals surface area contributed by atoms with Crippen molar-refractivity contribution in [2.75, 3.05) is 6.61 Å². The zero-order valence-electron chi connectivity index (χ0n) is 8.54. The van der Waals surface area contributed by atoms with Crippen LogP contribution in [0.15, 0.2) is 12.3 Å². The highest BCUT2D eigenvalue weighted by molar-refractivity contribution is 6.33. The minimum atomic E-state index is -4.34. The number of aromatic nitrogens is 1. The van der Waals surface area contributed by atoms with Gasteiger partial charge in [0.25, 0.3) is 0 Å². The second-order valence-corrected chi connectivity index (χ2v) is 3.57. The summed E-state index contributed by atoms with van der Waals surface area (Å²) in [5, 5.41) is 8.44. The lowest BCUT2D eigenvalue weighted by Gasteiger charge is -2.15. The van der Waals surface area contributed by atoms with Gasteiger partial charge in [0.1, 0.15) is 0 Å². The fraction of sp³-hybridized carbons (Fsp3) is 0.333. The Bertz CT molecular complexity index is 455. The number of halogens is 5. The minimum Gasteiger partial charge on any atom is -0.478 e. The van der Waals surface area contributed by atoms with Crippen LogP contribution >= 0.6 is 11.6 Å². The van der Waals surface area contributed by atoms with E-state index in [4.69, 9.17) is 16.7 Å². The molecular weight excluding hydrogens is 282 g/mol. The molecule has 0 spiro atoms. The van der Waals surface area contributed by atoms with Gasteiger partial charge in [-0.15, -0.1) is 0 Å². The van der Waals surface area contributed by atoms with Gasteiger partial charge in [-0.3, -0.25) is 0 Å². The largest absolute Gasteiger partial charge is 0.478 e. The highest BCUT2D eigenvalue weighted by atomic mass is 35.5. The molecule has 4 nitrogen and oxygen atoms in total. The lowest BCUT2D eigenvalue weighted by Crippen LogP contribution is -2.33. The summed E-state index contributed by atoms with van der Waals surface area (Å²) < 4.78 is 53.0. The standard InChI is InChI=1S/C9H6ClF4NO3/c10-5-2-15-6(1-4(5)7(16)17)18-3-9(13,14)8(11)12/h1-2,8H,3H2,(H,16,17). The Kier molecular flexibility index (Phi) is 4.33. The lowest BCUT2D eigenvalue weighted by molar-refractivity contribution is -0.148. The highest BCUT2D eigenvalue weighted by Crippen LogP contribution is 2.25. The van der Waals surface area contributed by atoms with Crippen molar-refractivity contribution in [3.05, 3.63) is 22.8 Å². The SMILES string of the molecule is O=C(O)c1cc(OCC(F)(F)C(F)F)ncc1Cl. The molecule has 0 saturated heterocycles. The molecule has 1 rings (SSSR count). The van der Waals surface area contributed by atoms with Crippen LogP contribution in [-0.2, 0) is 0 Å². The van der Waals surface area contributed by atoms with E-state index in [0.29, 0.717) is 0 Å². The zero-order chi connectivity index (χ0) is 13.9. The first-order valence-corrected chi connectivity index (χ1v) is 4.79. The van der Waals surface area contributed by atoms with Gasteiger partial charge < -0.3 is 9.84 Å². The molecule has 0 unspecified atom stereocenters. The maximum absolute atomic E-state index is 12.5. The number of rotatable bonds is 5. The average Bonchev–Trinajstić information content (AvgIpc) is 2.27. The molecule has 0 fully saturated rings. The van der Waals surface area contributed by atoms with Gasteiger partial charge in [-0.1, -0.05) is 11.6 Å². The lowest BCUT2D eigenvalue weighted by atomic mass is 10.3. The molecule has 0 radical (unpaired) electrons. The molecule has 0 aromatic carbocycles. The molecule has 0 atom stereocenters. The Morgan fingerprint density at radius 3 is 2.67 bits per heavy atom. The monoisotopic (exact) mass is 287 g/mol. The van der Waals surface area contributed by atoms with Gasteiger partial charge in [-0.05, 0) is 0 Å². The van der Waals surface area contributed by atoms with Crippen molar-refractivity contribution in [1.29, 1.82) is 0 Å². The quantitative estimate of drug-likeness (QED) is 0.846. The Morgan fingerprint density at radius 1 is 1.56 bits per heavy atom. The van der Waals surface area contributed by atoms with Crippen molar-refractivity contribution in [1.82, 2.24) is 4.98 Å². The summed E-state index contributed by atoms with van der Waals surface area (Å²) in [4.78, 5) is 14.0. The molecule has 1 aromatic rings. The van der Waals surface area contributed by atoms with E-state index in [1.54, 1.807) is 0 Å². The maximum Gasteiger partial charge on any atom is 0.340 e. The van der Waals surface area contributed by atoms with Crippen LogP contribution in [0.3, 0.4) is 0 Å². The Morgan fingerprint density at radius 2 is 2.17 bits per heavy atom. The third kappa shape index (κ3) is 3.46. The molecule has 0 amide bonds. The number of ether oxygens (including phenoxy) is 1. The van der Waals surface area contributed by atoms with E-state index in [-0.39, 0.29) is 5.02 Å². The third-order valence-electron chi connectivity index (χ3n) is 1.79. The summed E-state index contributed by atoms with van der Waals surface area (Å²) in [6.45, 7) is -1.61. The molecule has 1 heterocycles. The van der Waals surface area contributed by atoms with Gasteiger partial charge >= 0.3 is 18.3 Å². The van der Waals surface area contributed by atoms with E-state index < -0.39 is 36.4 Å². The summed E-state index contributed by atoms with van der Waals surface area (Å²) in [6.07, 6.45) is -3.02. The first-order chi connectivity index (χ1) is 8.24. The number of aromatic carboxylic acids is 1. The van der Waals surface area contributed by atoms with E-state index >= 15 is 0 Å². The fourth-order valence-corrected chi connectivity index (χ4v) is 1.08. The van der Waals surface area contributed by atoms with Crippen LogP contribution in [0.2, 0.25) is 5.02 Å². The summed E-state index contributed by atoms with van der Waals surface area (Å²) in [6, 6.07) is 0.770. The van der Waals surface area contributed by atoms with Crippen molar-refractivity contribution in [3.8, 4) is 5.88 Å². The number of carbonyl (C=O) groups is 1. The van der Waals surface area contributed by atoms with Crippen LogP contribution in [0, 0.1) is 0 Å². The summed E-state index contributed by atoms with van der Waals surface area (Å²) in [5.41, 5.74) is -0.429. The molecule has 0 aliphatic rings. The molecule has 0 aliphatic heterocycles. The molecule has 9 heteroatoms. The van der Waals surface area contributed by atoms with E-state index in [1.807, 2.05) is 0 Å². The first-order valence-electron chi connectivity index (χ1n) is 4.41. The molecule has 1 N–H and O–H groups in total. The van der Waals surface area contributed by atoms with Gasteiger partial charge in [0, 0.05) is 6.07 Å². The van der Waals surface area contributed by atoms with Gasteiger partial charge in [0.2, 0.25) is 5.88 Å². The van der Waals surface area contributed by atoms with Crippen LogP contribution in [0.1, 0.15) is 10.4 Å². The Hall–Kier alpha value is -1.57. The number of carboxylic acid groups (broad SMARTS) is 1. The molecule has 100 valence electrons. The zero-order valence-corrected chi connectivity index (χ0v) is 9.30. The Labute approximate surface area is 103 Å². The topological polar surface area (TPSA) is 59.4 Å². The molecule has 18 heavy (non-hydrogen) atoms. The van der Waals surface area contributed by atoms with Gasteiger partial charge in [0.05, 0.1) is 16.8 Å². The number of hydrogen-bond donors (Lipinski definition) is 1. The second-order valence-electron chi connectivity index (χ2n) is 3.16. The van der Waals surface area contributed by atoms with Crippen molar-refractivity contribution in [3.63, 3.8) is 0 Å². The van der Waals surface area contributed by atoms with Crippen LogP contribution in [0.4, 0.5) is 17.6 Å². The van der Waals surface area contributed by atoms with Crippen LogP contribution in [-0.4, -0.2) is 35.0 Å². The molecule has 0 bridgehead atoms. The third-order valence-corrected chi connectivity index (χ3v) is 2.09. The fourth-order valence-electron chi connectivity index (χ4n) is 0.896. The molecule has 0 saturated carbocycles. The number of hydrogen-bond acceptors (Lipinski definition) is 3. The van der Waals surface area contributed by atoms with Gasteiger partial charge in [-0.2, -0.15) is 8.78 Å². The smallest absolute Gasteiger partial charge is 0.340 e. The number of pyridine rings is 1. The van der Waals surface area contributed by atoms with Crippen LogP contribution < -0.4 is 4.74 Å². The number of alkyl halides is 4. The van der Waals surface area contributed by atoms with E-state index in [9.17, 15) is 22.4 Å². The summed E-state index contributed by atoms with van der Waals surface area (Å²) in [5.74, 6) is -6.30. The number of nitrogens with zero attached hydrogens (tertiary/aromatic N) is 1. The van der Waals surface area contributed by atoms with Gasteiger partial charge in [-0.25, -0.2) is 18.6 Å². The van der Waals surface area contributed by atoms with E-state index in [0.717, 1.165) is 12.3 Å². The van der Waals surface area contributed by atoms with Crippen LogP contribution in [0.25, 0.3) is 0 Å². The predicted molar refractivity (Wildman–Crippen MR) is 52.7 cm³/mol. The molecule has 0 aliphatic carbocycles. The van der Waals surface area contributed by atoms with E-state index in [2.05, 4.69) is 9.72 Å².